The quantitative estimate of drug-likeness (QED) is 0.854. The molecule has 0 spiro atoms. The molecule has 1 saturated heterocycles. The summed E-state index contributed by atoms with van der Waals surface area (Å²) >= 11 is 1.50. The van der Waals surface area contributed by atoms with Crippen molar-refractivity contribution in [3.05, 3.63) is 11.6 Å². The summed E-state index contributed by atoms with van der Waals surface area (Å²) < 4.78 is 9.83. The van der Waals surface area contributed by atoms with Crippen LogP contribution in [0.5, 0.6) is 0 Å². The zero-order chi connectivity index (χ0) is 14.9. The molecular formula is C14H20N6OS. The van der Waals surface area contributed by atoms with Gasteiger partial charge in [-0.15, -0.1) is 0 Å². The van der Waals surface area contributed by atoms with Crippen LogP contribution in [0.25, 0.3) is 0 Å². The van der Waals surface area contributed by atoms with Gasteiger partial charge in [-0.1, -0.05) is 12.1 Å². The summed E-state index contributed by atoms with van der Waals surface area (Å²) in [6, 6.07) is 0.676. The van der Waals surface area contributed by atoms with Gasteiger partial charge in [0.15, 0.2) is 5.82 Å². The number of anilines is 2. The second kappa shape index (κ2) is 5.83. The molecule has 0 N–H and O–H groups in total. The topological polar surface area (TPSA) is 71.2 Å². The number of hydrogen-bond donors (Lipinski definition) is 0. The second-order valence-electron chi connectivity index (χ2n) is 5.88. The maximum Gasteiger partial charge on any atom is 0.324 e. The Bertz CT molecular complexity index is 637. The molecule has 2 aromatic rings. The van der Waals surface area contributed by atoms with Crippen LogP contribution in [0.3, 0.4) is 0 Å². The average molecular weight is 320 g/mol. The molecular weight excluding hydrogens is 300 g/mol. The predicted octanol–water partition coefficient (Wildman–Crippen LogP) is 2.08. The predicted molar refractivity (Wildman–Crippen MR) is 84.6 cm³/mol. The molecule has 1 aliphatic carbocycles. The molecule has 22 heavy (non-hydrogen) atoms. The van der Waals surface area contributed by atoms with Gasteiger partial charge in [-0.25, -0.2) is 4.98 Å². The number of nitrogens with zero attached hydrogens (tertiary/aromatic N) is 6. The van der Waals surface area contributed by atoms with Gasteiger partial charge in [0.25, 0.3) is 0 Å². The second-order valence-corrected chi connectivity index (χ2v) is 6.61. The lowest BCUT2D eigenvalue weighted by Crippen LogP contribution is -2.30. The number of aryl methyl sites for hydroxylation is 1. The molecule has 8 heteroatoms. The van der Waals surface area contributed by atoms with E-state index in [4.69, 9.17) is 4.52 Å². The summed E-state index contributed by atoms with van der Waals surface area (Å²) in [4.78, 5) is 13.7. The van der Waals surface area contributed by atoms with Crippen molar-refractivity contribution in [2.75, 3.05) is 36.0 Å². The summed E-state index contributed by atoms with van der Waals surface area (Å²) in [7, 11) is 0. The van der Waals surface area contributed by atoms with E-state index >= 15 is 0 Å². The van der Waals surface area contributed by atoms with E-state index in [1.807, 2.05) is 0 Å². The highest BCUT2D eigenvalue weighted by atomic mass is 32.1. The molecule has 2 aliphatic rings. The summed E-state index contributed by atoms with van der Waals surface area (Å²) in [5, 5.41) is 5.14. The van der Waals surface area contributed by atoms with Gasteiger partial charge in [0.05, 0.1) is 0 Å². The Morgan fingerprint density at radius 2 is 1.95 bits per heavy atom. The van der Waals surface area contributed by atoms with E-state index in [1.54, 1.807) is 0 Å². The zero-order valence-electron chi connectivity index (χ0n) is 12.7. The van der Waals surface area contributed by atoms with Crippen molar-refractivity contribution >= 4 is 22.7 Å². The van der Waals surface area contributed by atoms with Gasteiger partial charge < -0.3 is 14.3 Å². The van der Waals surface area contributed by atoms with Gasteiger partial charge in [0.1, 0.15) is 5.82 Å². The highest BCUT2D eigenvalue weighted by Gasteiger charge is 2.30. The molecule has 3 heterocycles. The lowest BCUT2D eigenvalue weighted by Gasteiger charge is -2.19. The summed E-state index contributed by atoms with van der Waals surface area (Å²) in [6.45, 7) is 5.83. The third-order valence-electron chi connectivity index (χ3n) is 4.18. The maximum absolute atomic E-state index is 5.44. The van der Waals surface area contributed by atoms with E-state index in [2.05, 4.69) is 36.2 Å². The van der Waals surface area contributed by atoms with Crippen LogP contribution in [-0.4, -0.2) is 45.7 Å². The smallest absolute Gasteiger partial charge is 0.324 e. The lowest BCUT2D eigenvalue weighted by molar-refractivity contribution is 0.407. The molecule has 0 bridgehead atoms. The van der Waals surface area contributed by atoms with Crippen LogP contribution >= 0.6 is 11.5 Å². The monoisotopic (exact) mass is 320 g/mol. The highest BCUT2D eigenvalue weighted by Crippen LogP contribution is 2.38. The Morgan fingerprint density at radius 3 is 2.73 bits per heavy atom. The van der Waals surface area contributed by atoms with Crippen molar-refractivity contribution in [1.29, 1.82) is 0 Å². The van der Waals surface area contributed by atoms with Crippen molar-refractivity contribution in [3.63, 3.8) is 0 Å². The first-order valence-corrected chi connectivity index (χ1v) is 8.77. The van der Waals surface area contributed by atoms with Crippen LogP contribution in [0.15, 0.2) is 4.52 Å². The first-order valence-electron chi connectivity index (χ1n) is 7.99. The molecule has 4 rings (SSSR count). The van der Waals surface area contributed by atoms with Crippen molar-refractivity contribution in [2.45, 2.75) is 38.5 Å². The van der Waals surface area contributed by atoms with Crippen LogP contribution in [0.1, 0.15) is 43.8 Å². The minimum atomic E-state index is 0.537. The summed E-state index contributed by atoms with van der Waals surface area (Å²) in [5.41, 5.74) is 0. The molecule has 118 valence electrons. The van der Waals surface area contributed by atoms with Gasteiger partial charge in [0.2, 0.25) is 5.13 Å². The van der Waals surface area contributed by atoms with E-state index in [1.165, 1.54) is 24.4 Å². The van der Waals surface area contributed by atoms with Crippen LogP contribution < -0.4 is 9.80 Å². The van der Waals surface area contributed by atoms with E-state index in [0.717, 1.165) is 55.8 Å². The molecule has 0 aromatic carbocycles. The van der Waals surface area contributed by atoms with Gasteiger partial charge >= 0.3 is 6.01 Å². The molecule has 1 saturated carbocycles. The fourth-order valence-electron chi connectivity index (χ4n) is 2.68. The number of aromatic nitrogens is 4. The number of rotatable bonds is 4. The molecule has 2 fully saturated rings. The fraction of sp³-hybridized carbons (Fsp3) is 0.714. The molecule has 0 unspecified atom stereocenters. The standard InChI is InChI=1S/C14H20N6OS/c1-2-11-15-14(22-18-11)20-7-3-6-19(8-9-20)13-16-12(17-21-13)10-4-5-10/h10H,2-9H2,1H3. The average Bonchev–Trinajstić information content (AvgIpc) is 3.17. The van der Waals surface area contributed by atoms with Gasteiger partial charge in [-0.05, 0) is 19.3 Å². The Hall–Kier alpha value is -1.70. The largest absolute Gasteiger partial charge is 0.345 e. The molecule has 0 atom stereocenters. The summed E-state index contributed by atoms with van der Waals surface area (Å²) in [6.07, 6.45) is 4.34. The van der Waals surface area contributed by atoms with E-state index in [0.29, 0.717) is 11.9 Å². The van der Waals surface area contributed by atoms with Crippen molar-refractivity contribution in [3.8, 4) is 0 Å². The minimum absolute atomic E-state index is 0.537. The molecule has 1 aliphatic heterocycles. The lowest BCUT2D eigenvalue weighted by atomic mass is 10.4. The van der Waals surface area contributed by atoms with Crippen LogP contribution in [0.4, 0.5) is 11.1 Å². The fourth-order valence-corrected chi connectivity index (χ4v) is 3.48. The zero-order valence-corrected chi connectivity index (χ0v) is 13.6. The normalized spacial score (nSPS) is 19.5. The van der Waals surface area contributed by atoms with E-state index in [-0.39, 0.29) is 0 Å². The molecule has 0 amide bonds. The van der Waals surface area contributed by atoms with Crippen molar-refractivity contribution in [2.24, 2.45) is 0 Å². The third kappa shape index (κ3) is 2.79. The Labute approximate surface area is 133 Å². The van der Waals surface area contributed by atoms with Crippen LogP contribution in [0.2, 0.25) is 0 Å². The van der Waals surface area contributed by atoms with Crippen molar-refractivity contribution in [1.82, 2.24) is 19.5 Å². The van der Waals surface area contributed by atoms with Crippen LogP contribution in [-0.2, 0) is 6.42 Å². The minimum Gasteiger partial charge on any atom is -0.345 e. The Kier molecular flexibility index (Phi) is 3.69. The Morgan fingerprint density at radius 1 is 1.14 bits per heavy atom. The first-order chi connectivity index (χ1) is 10.8. The maximum atomic E-state index is 5.44. The van der Waals surface area contributed by atoms with Gasteiger partial charge in [-0.3, -0.25) is 0 Å². The van der Waals surface area contributed by atoms with Crippen LogP contribution in [0, 0.1) is 0 Å². The number of hydrogen-bond acceptors (Lipinski definition) is 8. The first kappa shape index (κ1) is 13.9. The molecule has 0 radical (unpaired) electrons. The van der Waals surface area contributed by atoms with Gasteiger partial charge in [0, 0.05) is 50.1 Å². The SMILES string of the molecule is CCc1nsc(N2CCCN(c3nc(C4CC4)no3)CC2)n1. The summed E-state index contributed by atoms with van der Waals surface area (Å²) in [5.74, 6) is 2.36. The van der Waals surface area contributed by atoms with E-state index in [9.17, 15) is 0 Å². The van der Waals surface area contributed by atoms with E-state index < -0.39 is 0 Å². The highest BCUT2D eigenvalue weighted by molar-refractivity contribution is 7.09. The van der Waals surface area contributed by atoms with Gasteiger partial charge in [-0.2, -0.15) is 9.36 Å². The molecule has 7 nitrogen and oxygen atoms in total. The Balaban J connectivity index is 1.42. The van der Waals surface area contributed by atoms with Crippen molar-refractivity contribution < 1.29 is 4.52 Å². The molecule has 2 aromatic heterocycles. The third-order valence-corrected chi connectivity index (χ3v) is 5.00.